The lowest BCUT2D eigenvalue weighted by atomic mass is 10.2. The summed E-state index contributed by atoms with van der Waals surface area (Å²) < 4.78 is 0. The summed E-state index contributed by atoms with van der Waals surface area (Å²) in [7, 11) is 0. The lowest BCUT2D eigenvalue weighted by Gasteiger charge is -1.84. The van der Waals surface area contributed by atoms with Gasteiger partial charge in [-0.05, 0) is 6.07 Å². The first kappa shape index (κ1) is 6.84. The molecule has 1 aromatic heterocycles. The lowest BCUT2D eigenvalue weighted by molar-refractivity contribution is 0.972. The molecule has 4 nitrogen and oxygen atoms in total. The molecule has 0 fully saturated rings. The number of fused-ring (bicyclic) bond motifs is 1. The van der Waals surface area contributed by atoms with Crippen LogP contribution in [0.5, 0.6) is 0 Å². The molecule has 0 spiro atoms. The van der Waals surface area contributed by atoms with Crippen LogP contribution in [-0.2, 0) is 0 Å². The Labute approximate surface area is 67.9 Å². The molecule has 0 aliphatic carbocycles. The summed E-state index contributed by atoms with van der Waals surface area (Å²) >= 11 is 0. The average molecular weight is 159 g/mol. The number of rotatable bonds is 0. The number of para-hydroxylation sites is 1. The van der Waals surface area contributed by atoms with Crippen molar-refractivity contribution in [2.45, 2.75) is 0 Å². The van der Waals surface area contributed by atoms with E-state index in [-0.39, 0.29) is 0 Å². The van der Waals surface area contributed by atoms with Gasteiger partial charge in [-0.1, -0.05) is 23.3 Å². The van der Waals surface area contributed by atoms with Gasteiger partial charge in [0.2, 0.25) is 0 Å². The Kier molecular flexibility index (Phi) is 1.51. The van der Waals surface area contributed by atoms with E-state index in [9.17, 15) is 4.79 Å². The SMILES string of the molecule is O=c1nncc2ccccc2n1. The molecule has 12 heavy (non-hydrogen) atoms. The van der Waals surface area contributed by atoms with Crippen LogP contribution in [0.4, 0.5) is 0 Å². The largest absolute Gasteiger partial charge is 0.386 e. The highest BCUT2D eigenvalue weighted by Crippen LogP contribution is 2.04. The maximum Gasteiger partial charge on any atom is 0.386 e. The number of nitrogens with zero attached hydrogens (tertiary/aromatic N) is 3. The Morgan fingerprint density at radius 3 is 2.92 bits per heavy atom. The maximum absolute atomic E-state index is 10.8. The first-order chi connectivity index (χ1) is 5.86. The van der Waals surface area contributed by atoms with E-state index < -0.39 is 5.69 Å². The van der Waals surface area contributed by atoms with Crippen LogP contribution in [0.3, 0.4) is 0 Å². The minimum atomic E-state index is -0.559. The van der Waals surface area contributed by atoms with Crippen molar-refractivity contribution in [3.63, 3.8) is 0 Å². The Balaban J connectivity index is 2.98. The van der Waals surface area contributed by atoms with E-state index >= 15 is 0 Å². The molecule has 0 atom stereocenters. The second-order valence-corrected chi connectivity index (χ2v) is 2.30. The Morgan fingerprint density at radius 2 is 2.00 bits per heavy atom. The minimum Gasteiger partial charge on any atom is -0.242 e. The maximum atomic E-state index is 10.8. The Hall–Kier alpha value is -1.84. The molecule has 1 heterocycles. The van der Waals surface area contributed by atoms with Crippen molar-refractivity contribution in [3.05, 3.63) is 40.9 Å². The van der Waals surface area contributed by atoms with Crippen molar-refractivity contribution >= 4 is 10.9 Å². The van der Waals surface area contributed by atoms with Crippen molar-refractivity contribution < 1.29 is 0 Å². The Morgan fingerprint density at radius 1 is 1.17 bits per heavy atom. The van der Waals surface area contributed by atoms with Gasteiger partial charge in [0.25, 0.3) is 0 Å². The van der Waals surface area contributed by atoms with Crippen LogP contribution < -0.4 is 5.69 Å². The fraction of sp³-hybridized carbons (Fsp3) is 0. The Bertz CT molecular complexity index is 469. The summed E-state index contributed by atoms with van der Waals surface area (Å²) in [5, 5.41) is 7.66. The lowest BCUT2D eigenvalue weighted by Crippen LogP contribution is -2.05. The zero-order valence-electron chi connectivity index (χ0n) is 6.14. The molecule has 1 aromatic carbocycles. The average Bonchev–Trinajstić information content (AvgIpc) is 2.25. The van der Waals surface area contributed by atoms with Gasteiger partial charge in [0, 0.05) is 5.39 Å². The first-order valence-electron chi connectivity index (χ1n) is 3.45. The van der Waals surface area contributed by atoms with E-state index in [0.29, 0.717) is 5.52 Å². The summed E-state index contributed by atoms with van der Waals surface area (Å²) in [6.07, 6.45) is 1.52. The number of hydrogen-bond acceptors (Lipinski definition) is 4. The highest BCUT2D eigenvalue weighted by molar-refractivity contribution is 5.76. The van der Waals surface area contributed by atoms with Gasteiger partial charge in [0.05, 0.1) is 11.7 Å². The van der Waals surface area contributed by atoms with Gasteiger partial charge in [-0.15, -0.1) is 0 Å². The van der Waals surface area contributed by atoms with Crippen LogP contribution in [0.2, 0.25) is 0 Å². The van der Waals surface area contributed by atoms with Crippen molar-refractivity contribution in [2.75, 3.05) is 0 Å². The van der Waals surface area contributed by atoms with Crippen LogP contribution in [0.15, 0.2) is 35.3 Å². The number of hydrogen-bond donors (Lipinski definition) is 0. The van der Waals surface area contributed by atoms with Crippen LogP contribution in [0.25, 0.3) is 10.9 Å². The molecule has 0 saturated heterocycles. The van der Waals surface area contributed by atoms with Crippen LogP contribution >= 0.6 is 0 Å². The van der Waals surface area contributed by atoms with Gasteiger partial charge >= 0.3 is 5.69 Å². The second-order valence-electron chi connectivity index (χ2n) is 2.30. The normalized spacial score (nSPS) is 10.0. The molecule has 0 aliphatic heterocycles. The van der Waals surface area contributed by atoms with E-state index in [2.05, 4.69) is 15.2 Å². The first-order valence-corrected chi connectivity index (χ1v) is 3.45. The van der Waals surface area contributed by atoms with Crippen molar-refractivity contribution in [1.29, 1.82) is 0 Å². The fourth-order valence-electron chi connectivity index (χ4n) is 0.964. The molecule has 2 rings (SSSR count). The predicted molar refractivity (Wildman–Crippen MR) is 43.6 cm³/mol. The summed E-state index contributed by atoms with van der Waals surface area (Å²) in [5.74, 6) is 0. The summed E-state index contributed by atoms with van der Waals surface area (Å²) in [6.45, 7) is 0. The zero-order valence-corrected chi connectivity index (χ0v) is 6.14. The van der Waals surface area contributed by atoms with Gasteiger partial charge < -0.3 is 0 Å². The quantitative estimate of drug-likeness (QED) is 0.557. The molecule has 0 radical (unpaired) electrons. The van der Waals surface area contributed by atoms with Crippen molar-refractivity contribution in [3.8, 4) is 0 Å². The summed E-state index contributed by atoms with van der Waals surface area (Å²) in [6, 6.07) is 7.25. The highest BCUT2D eigenvalue weighted by atomic mass is 16.1. The molecule has 0 aliphatic rings. The fourth-order valence-corrected chi connectivity index (χ4v) is 0.964. The van der Waals surface area contributed by atoms with Gasteiger partial charge in [-0.3, -0.25) is 0 Å². The molecule has 0 N–H and O–H groups in total. The molecule has 2 aromatic rings. The number of benzene rings is 1. The summed E-state index contributed by atoms with van der Waals surface area (Å²) in [4.78, 5) is 14.5. The highest BCUT2D eigenvalue weighted by Gasteiger charge is 1.91. The van der Waals surface area contributed by atoms with Crippen LogP contribution in [0, 0.1) is 0 Å². The third kappa shape index (κ3) is 1.14. The van der Waals surface area contributed by atoms with Crippen LogP contribution in [0.1, 0.15) is 0 Å². The van der Waals surface area contributed by atoms with Gasteiger partial charge in [-0.25, -0.2) is 4.79 Å². The minimum absolute atomic E-state index is 0.559. The van der Waals surface area contributed by atoms with Crippen LogP contribution in [-0.4, -0.2) is 15.2 Å². The second kappa shape index (κ2) is 2.65. The molecular formula is C8H5N3O. The topological polar surface area (TPSA) is 55.7 Å². The predicted octanol–water partition coefficient (Wildman–Crippen LogP) is 0.385. The van der Waals surface area contributed by atoms with E-state index in [1.165, 1.54) is 6.20 Å². The van der Waals surface area contributed by atoms with Crippen molar-refractivity contribution in [2.24, 2.45) is 0 Å². The summed E-state index contributed by atoms with van der Waals surface area (Å²) in [5.41, 5.74) is 0.0590. The van der Waals surface area contributed by atoms with E-state index in [1.807, 2.05) is 18.2 Å². The van der Waals surface area contributed by atoms with Gasteiger partial charge in [0.1, 0.15) is 0 Å². The van der Waals surface area contributed by atoms with E-state index in [4.69, 9.17) is 0 Å². The molecule has 0 bridgehead atoms. The van der Waals surface area contributed by atoms with Crippen molar-refractivity contribution in [1.82, 2.24) is 15.2 Å². The molecule has 58 valence electrons. The molecule has 0 saturated carbocycles. The third-order valence-electron chi connectivity index (χ3n) is 1.49. The standard InChI is InChI=1S/C8H5N3O/c12-8-10-7-4-2-1-3-6(7)5-9-11-8/h1-5H. The van der Waals surface area contributed by atoms with Gasteiger partial charge in [0.15, 0.2) is 0 Å². The van der Waals surface area contributed by atoms with E-state index in [0.717, 1.165) is 5.39 Å². The smallest absolute Gasteiger partial charge is 0.242 e. The molecule has 4 heteroatoms. The molecule has 0 unspecified atom stereocenters. The van der Waals surface area contributed by atoms with Gasteiger partial charge in [-0.2, -0.15) is 10.1 Å². The monoisotopic (exact) mass is 159 g/mol. The third-order valence-corrected chi connectivity index (χ3v) is 1.49. The molecule has 0 amide bonds. The van der Waals surface area contributed by atoms with E-state index in [1.54, 1.807) is 6.07 Å². The molecular weight excluding hydrogens is 154 g/mol. The number of aromatic nitrogens is 3. The zero-order chi connectivity index (χ0) is 8.39.